The summed E-state index contributed by atoms with van der Waals surface area (Å²) in [6.07, 6.45) is -2.13. The fourth-order valence-corrected chi connectivity index (χ4v) is 7.10. The minimum Gasteiger partial charge on any atom is -0.809 e. The van der Waals surface area contributed by atoms with Gasteiger partial charge in [0.15, 0.2) is 19.8 Å². The molecule has 0 spiro atoms. The summed E-state index contributed by atoms with van der Waals surface area (Å²) in [5.41, 5.74) is -2.65. The van der Waals surface area contributed by atoms with Gasteiger partial charge in [-0.25, -0.2) is 4.79 Å². The molecular formula is C21H35N4Na3O12P2. The molecule has 2 fully saturated rings. The van der Waals surface area contributed by atoms with Gasteiger partial charge < -0.3 is 54.1 Å². The zero-order valence-corrected chi connectivity index (χ0v) is 32.8. The summed E-state index contributed by atoms with van der Waals surface area (Å²) in [7, 11) is -11.3. The molecule has 2 aliphatic heterocycles. The molecule has 2 rings (SSSR count). The van der Waals surface area contributed by atoms with E-state index in [0.29, 0.717) is 0 Å². The molecule has 2 heterocycles. The van der Waals surface area contributed by atoms with Gasteiger partial charge in [0, 0.05) is 26.2 Å². The summed E-state index contributed by atoms with van der Waals surface area (Å²) in [6, 6.07) is -2.14. The SMILES string of the molecule is CC(C)C[C@H](NC(=O)[C@H]1O[C@@H]1C(=O)O)C(=O)N[C@@H](CC(C)C)C(=O)N1CCN(C(P(=O)([O-])[O-])P(=O)([O-])O)CC1.[Na+].[Na+].[Na+]. The first kappa shape index (κ1) is 45.2. The molecule has 0 aromatic rings. The molecule has 2 saturated heterocycles. The number of hydrogen-bond acceptors (Lipinski definition) is 11. The van der Waals surface area contributed by atoms with E-state index in [-0.39, 0.29) is 140 Å². The maximum Gasteiger partial charge on any atom is 1.00 e. The number of rotatable bonds is 13. The molecule has 0 aromatic heterocycles. The van der Waals surface area contributed by atoms with Crippen LogP contribution in [0.4, 0.5) is 0 Å². The molecule has 0 aromatic carbocycles. The molecule has 224 valence electrons. The van der Waals surface area contributed by atoms with E-state index < -0.39 is 68.7 Å². The van der Waals surface area contributed by atoms with Crippen molar-refractivity contribution < 1.29 is 146 Å². The third kappa shape index (κ3) is 13.8. The maximum absolute atomic E-state index is 13.3. The Hall–Kier alpha value is 1.10. The molecule has 16 nitrogen and oxygen atoms in total. The number of carbonyl (C=O) groups is 4. The van der Waals surface area contributed by atoms with E-state index in [1.165, 1.54) is 4.90 Å². The molecule has 0 aliphatic carbocycles. The topological polar surface area (TPSA) is 255 Å². The largest absolute Gasteiger partial charge is 1.00 e. The number of piperazine rings is 1. The number of amides is 3. The second-order valence-electron chi connectivity index (χ2n) is 10.5. The average molecular weight is 666 g/mol. The van der Waals surface area contributed by atoms with Crippen LogP contribution in [0.5, 0.6) is 0 Å². The van der Waals surface area contributed by atoms with E-state index in [4.69, 9.17) is 9.84 Å². The monoisotopic (exact) mass is 666 g/mol. The summed E-state index contributed by atoms with van der Waals surface area (Å²) < 4.78 is 27.8. The van der Waals surface area contributed by atoms with Gasteiger partial charge in [-0.15, -0.1) is 0 Å². The number of nitrogens with one attached hydrogen (secondary N) is 2. The number of ether oxygens (including phenoxy) is 1. The van der Waals surface area contributed by atoms with E-state index in [2.05, 4.69) is 10.6 Å². The Labute approximate surface area is 311 Å². The van der Waals surface area contributed by atoms with Crippen LogP contribution < -0.4 is 114 Å². The molecule has 6 atom stereocenters. The molecule has 2 unspecified atom stereocenters. The quantitative estimate of drug-likeness (QED) is 0.0810. The Kier molecular flexibility index (Phi) is 20.5. The number of carbonyl (C=O) groups excluding carboxylic acids is 3. The minimum atomic E-state index is -5.75. The molecule has 21 heteroatoms. The van der Waals surface area contributed by atoms with Crippen molar-refractivity contribution in [1.29, 1.82) is 0 Å². The summed E-state index contributed by atoms with van der Waals surface area (Å²) in [5.74, 6) is -3.41. The minimum absolute atomic E-state index is 0. The fraction of sp³-hybridized carbons (Fsp3) is 0.810. The smallest absolute Gasteiger partial charge is 0.809 e. The van der Waals surface area contributed by atoms with E-state index in [0.717, 1.165) is 4.90 Å². The number of aliphatic carboxylic acids is 1. The number of carboxylic acid groups (broad SMARTS) is 1. The van der Waals surface area contributed by atoms with Crippen molar-refractivity contribution in [3.8, 4) is 0 Å². The number of epoxide rings is 1. The molecule has 3 amide bonds. The van der Waals surface area contributed by atoms with Crippen molar-refractivity contribution in [3.05, 3.63) is 0 Å². The first-order chi connectivity index (χ1) is 17.8. The molecule has 4 N–H and O–H groups in total. The van der Waals surface area contributed by atoms with Crippen molar-refractivity contribution in [3.63, 3.8) is 0 Å². The first-order valence-corrected chi connectivity index (χ1v) is 15.7. The molecule has 0 bridgehead atoms. The van der Waals surface area contributed by atoms with Crippen molar-refractivity contribution in [2.24, 2.45) is 11.8 Å². The van der Waals surface area contributed by atoms with Crippen LogP contribution in [0.3, 0.4) is 0 Å². The van der Waals surface area contributed by atoms with Gasteiger partial charge in [0.2, 0.25) is 11.8 Å². The second kappa shape index (κ2) is 19.0. The zero-order valence-electron chi connectivity index (χ0n) is 25.0. The van der Waals surface area contributed by atoms with Crippen LogP contribution in [-0.2, 0) is 33.0 Å². The van der Waals surface area contributed by atoms with Crippen LogP contribution in [0, 0.1) is 11.8 Å². The number of carboxylic acids is 1. The summed E-state index contributed by atoms with van der Waals surface area (Å²) in [4.78, 5) is 95.6. The second-order valence-corrected chi connectivity index (χ2v) is 14.1. The van der Waals surface area contributed by atoms with Crippen LogP contribution in [0.15, 0.2) is 0 Å². The Morgan fingerprint density at radius 1 is 0.857 bits per heavy atom. The molecule has 0 radical (unpaired) electrons. The fourth-order valence-electron chi connectivity index (χ4n) is 4.40. The van der Waals surface area contributed by atoms with Gasteiger partial charge in [-0.1, -0.05) is 27.7 Å². The first-order valence-electron chi connectivity index (χ1n) is 12.4. The standard InChI is InChI=1S/C21H38N4O12P2.3Na/c1-11(2)9-13(22-18(27)15-16(37-15)20(29)30)17(26)23-14(10-12(3)4)19(28)24-5-7-25(8-6-24)21(38(31,32)33)39(34,35)36;;;/h11-16,21H,5-10H2,1-4H3,(H,22,27)(H,23,26)(H,29,30)(H2,31,32,33)(H2,34,35,36);;;/q;3*+1/p-3/t13-,14-,15-,16-;;;/m0.../s1. The van der Waals surface area contributed by atoms with Gasteiger partial charge in [0.05, 0.1) is 0 Å². The summed E-state index contributed by atoms with van der Waals surface area (Å²) >= 11 is 0. The number of nitrogens with zero attached hydrogens (tertiary/aromatic N) is 2. The Balaban J connectivity index is 0. The number of hydrogen-bond donors (Lipinski definition) is 4. The van der Waals surface area contributed by atoms with Crippen molar-refractivity contribution in [1.82, 2.24) is 20.4 Å². The van der Waals surface area contributed by atoms with Crippen molar-refractivity contribution in [2.75, 3.05) is 26.2 Å². The van der Waals surface area contributed by atoms with E-state index in [1.54, 1.807) is 13.8 Å². The Morgan fingerprint density at radius 3 is 1.71 bits per heavy atom. The zero-order chi connectivity index (χ0) is 29.9. The van der Waals surface area contributed by atoms with Gasteiger partial charge >= 0.3 is 94.6 Å². The van der Waals surface area contributed by atoms with Crippen LogP contribution in [0.2, 0.25) is 0 Å². The van der Waals surface area contributed by atoms with Crippen molar-refractivity contribution >= 4 is 38.9 Å². The predicted octanol–water partition coefficient (Wildman–Crippen LogP) is -12.2. The molecule has 2 aliphatic rings. The van der Waals surface area contributed by atoms with E-state index >= 15 is 0 Å². The third-order valence-electron chi connectivity index (χ3n) is 6.18. The Morgan fingerprint density at radius 2 is 1.33 bits per heavy atom. The average Bonchev–Trinajstić information content (AvgIpc) is 3.57. The normalized spacial score (nSPS) is 22.3. The van der Waals surface area contributed by atoms with Crippen molar-refractivity contribution in [2.45, 2.75) is 70.4 Å². The van der Waals surface area contributed by atoms with E-state index in [9.17, 15) is 47.9 Å². The predicted molar refractivity (Wildman–Crippen MR) is 128 cm³/mol. The molecule has 0 saturated carbocycles. The van der Waals surface area contributed by atoms with Gasteiger partial charge in [-0.3, -0.25) is 19.3 Å². The van der Waals surface area contributed by atoms with Crippen LogP contribution in [-0.4, -0.2) is 99.5 Å². The van der Waals surface area contributed by atoms with Gasteiger partial charge in [-0.05, 0) is 32.3 Å². The van der Waals surface area contributed by atoms with Crippen LogP contribution in [0.1, 0.15) is 40.5 Å². The summed E-state index contributed by atoms with van der Waals surface area (Å²) in [5, 5.41) is 14.1. The van der Waals surface area contributed by atoms with Crippen LogP contribution in [0.25, 0.3) is 0 Å². The van der Waals surface area contributed by atoms with E-state index in [1.807, 2.05) is 13.8 Å². The Bertz CT molecular complexity index is 1010. The van der Waals surface area contributed by atoms with Gasteiger partial charge in [-0.2, -0.15) is 0 Å². The summed E-state index contributed by atoms with van der Waals surface area (Å²) in [6.45, 7) is 6.20. The molecule has 42 heavy (non-hydrogen) atoms. The van der Waals surface area contributed by atoms with Gasteiger partial charge in [0.25, 0.3) is 5.91 Å². The van der Waals surface area contributed by atoms with Gasteiger partial charge in [0.1, 0.15) is 17.6 Å². The van der Waals surface area contributed by atoms with Crippen LogP contribution >= 0.6 is 15.2 Å². The molecular weight excluding hydrogens is 631 g/mol. The maximum atomic E-state index is 13.3. The third-order valence-corrected chi connectivity index (χ3v) is 9.71.